The van der Waals surface area contributed by atoms with Crippen molar-refractivity contribution >= 4 is 5.97 Å². The van der Waals surface area contributed by atoms with Gasteiger partial charge in [-0.05, 0) is 13.3 Å². The molecule has 22 heavy (non-hydrogen) atoms. The minimum absolute atomic E-state index is 0.0514. The second kappa shape index (κ2) is 11.9. The lowest BCUT2D eigenvalue weighted by molar-refractivity contribution is -0.147. The lowest BCUT2D eigenvalue weighted by atomic mass is 10.0. The third kappa shape index (κ3) is 9.42. The molecule has 0 bridgehead atoms. The van der Waals surface area contributed by atoms with Crippen molar-refractivity contribution in [3.05, 3.63) is 0 Å². The third-order valence-electron chi connectivity index (χ3n) is 4.12. The molecule has 0 aromatic rings. The molecule has 3 atom stereocenters. The van der Waals surface area contributed by atoms with Crippen molar-refractivity contribution in [1.82, 2.24) is 0 Å². The maximum atomic E-state index is 11.5. The number of aliphatic hydroxyl groups excluding tert-OH is 1. The van der Waals surface area contributed by atoms with Crippen LogP contribution in [0.1, 0.15) is 84.5 Å². The number of epoxide rings is 1. The fourth-order valence-electron chi connectivity index (χ4n) is 2.69. The topological polar surface area (TPSA) is 59.1 Å². The van der Waals surface area contributed by atoms with Crippen molar-refractivity contribution in [3.8, 4) is 0 Å². The van der Waals surface area contributed by atoms with Gasteiger partial charge in [0, 0.05) is 0 Å². The van der Waals surface area contributed by atoms with Crippen molar-refractivity contribution in [2.75, 3.05) is 6.61 Å². The first-order chi connectivity index (χ1) is 10.6. The number of aliphatic hydroxyl groups is 1. The molecule has 0 aromatic carbocycles. The van der Waals surface area contributed by atoms with Crippen molar-refractivity contribution in [3.63, 3.8) is 0 Å². The highest BCUT2D eigenvalue weighted by Gasteiger charge is 2.45. The summed E-state index contributed by atoms with van der Waals surface area (Å²) < 4.78 is 10.3. The number of carbonyl (C=O) groups excluding carboxylic acids is 1. The zero-order valence-electron chi connectivity index (χ0n) is 14.4. The molecule has 1 N–H and O–H groups in total. The molecule has 1 saturated heterocycles. The van der Waals surface area contributed by atoms with E-state index in [0.717, 1.165) is 12.8 Å². The highest BCUT2D eigenvalue weighted by molar-refractivity contribution is 5.77. The monoisotopic (exact) mass is 314 g/mol. The van der Waals surface area contributed by atoms with Crippen molar-refractivity contribution < 1.29 is 19.4 Å². The van der Waals surface area contributed by atoms with Crippen LogP contribution in [-0.2, 0) is 14.3 Å². The molecular formula is C18H34O4. The number of ether oxygens (including phenoxy) is 2. The summed E-state index contributed by atoms with van der Waals surface area (Å²) >= 11 is 0. The van der Waals surface area contributed by atoms with Gasteiger partial charge < -0.3 is 14.6 Å². The second-order valence-corrected chi connectivity index (χ2v) is 6.54. The SMILES string of the molecule is CCCCCCCCCCCCC1OC1C(=O)OCC(C)O. The highest BCUT2D eigenvalue weighted by Crippen LogP contribution is 2.28. The first kappa shape index (κ1) is 19.4. The number of esters is 1. The predicted octanol–water partition coefficient (Wildman–Crippen LogP) is 3.99. The van der Waals surface area contributed by atoms with Crippen LogP contribution in [0.15, 0.2) is 0 Å². The van der Waals surface area contributed by atoms with Crippen LogP contribution >= 0.6 is 0 Å². The van der Waals surface area contributed by atoms with Gasteiger partial charge >= 0.3 is 5.97 Å². The van der Waals surface area contributed by atoms with E-state index in [1.807, 2.05) is 0 Å². The molecule has 0 amide bonds. The second-order valence-electron chi connectivity index (χ2n) is 6.54. The molecule has 4 heteroatoms. The van der Waals surface area contributed by atoms with Crippen molar-refractivity contribution in [1.29, 1.82) is 0 Å². The summed E-state index contributed by atoms with van der Waals surface area (Å²) in [7, 11) is 0. The van der Waals surface area contributed by atoms with Crippen LogP contribution in [-0.4, -0.2) is 36.0 Å². The Morgan fingerprint density at radius 1 is 1.05 bits per heavy atom. The van der Waals surface area contributed by atoms with Gasteiger partial charge in [-0.1, -0.05) is 71.1 Å². The number of hydrogen-bond donors (Lipinski definition) is 1. The van der Waals surface area contributed by atoms with E-state index in [-0.39, 0.29) is 24.8 Å². The molecule has 3 unspecified atom stereocenters. The summed E-state index contributed by atoms with van der Waals surface area (Å²) in [5.74, 6) is -0.321. The maximum absolute atomic E-state index is 11.5. The van der Waals surface area contributed by atoms with Crippen LogP contribution in [0.25, 0.3) is 0 Å². The van der Waals surface area contributed by atoms with Gasteiger partial charge in [0.15, 0.2) is 6.10 Å². The average molecular weight is 314 g/mol. The van der Waals surface area contributed by atoms with Gasteiger partial charge in [-0.2, -0.15) is 0 Å². The quantitative estimate of drug-likeness (QED) is 0.299. The molecule has 0 radical (unpaired) electrons. The standard InChI is InChI=1S/C18H34O4/c1-3-4-5-6-7-8-9-10-11-12-13-16-17(22-16)18(20)21-14-15(2)19/h15-17,19H,3-14H2,1-2H3. The first-order valence-corrected chi connectivity index (χ1v) is 9.15. The van der Waals surface area contributed by atoms with Gasteiger partial charge in [0.05, 0.1) is 12.2 Å². The summed E-state index contributed by atoms with van der Waals surface area (Å²) in [5, 5.41) is 9.06. The van der Waals surface area contributed by atoms with E-state index in [0.29, 0.717) is 0 Å². The van der Waals surface area contributed by atoms with Crippen LogP contribution in [0.4, 0.5) is 0 Å². The molecule has 0 aliphatic carbocycles. The van der Waals surface area contributed by atoms with Crippen LogP contribution in [0.3, 0.4) is 0 Å². The van der Waals surface area contributed by atoms with Crippen LogP contribution in [0.2, 0.25) is 0 Å². The van der Waals surface area contributed by atoms with Gasteiger partial charge in [-0.3, -0.25) is 0 Å². The summed E-state index contributed by atoms with van der Waals surface area (Å²) in [6, 6.07) is 0. The van der Waals surface area contributed by atoms with E-state index in [9.17, 15) is 4.79 Å². The van der Waals surface area contributed by atoms with E-state index in [4.69, 9.17) is 14.6 Å². The van der Waals surface area contributed by atoms with Gasteiger partial charge in [0.25, 0.3) is 0 Å². The number of hydrogen-bond acceptors (Lipinski definition) is 4. The lowest BCUT2D eigenvalue weighted by Gasteiger charge is -2.04. The lowest BCUT2D eigenvalue weighted by Crippen LogP contribution is -2.20. The normalized spacial score (nSPS) is 21.6. The molecule has 0 aromatic heterocycles. The molecule has 0 spiro atoms. The molecule has 0 saturated carbocycles. The Morgan fingerprint density at radius 3 is 2.14 bits per heavy atom. The summed E-state index contributed by atoms with van der Waals surface area (Å²) in [4.78, 5) is 11.5. The first-order valence-electron chi connectivity index (χ1n) is 9.15. The van der Waals surface area contributed by atoms with Crippen molar-refractivity contribution in [2.45, 2.75) is 103 Å². The Hall–Kier alpha value is -0.610. The van der Waals surface area contributed by atoms with Gasteiger partial charge in [-0.15, -0.1) is 0 Å². The highest BCUT2D eigenvalue weighted by atomic mass is 16.6. The fourth-order valence-corrected chi connectivity index (χ4v) is 2.69. The van der Waals surface area contributed by atoms with Crippen LogP contribution < -0.4 is 0 Å². The van der Waals surface area contributed by atoms with Gasteiger partial charge in [-0.25, -0.2) is 4.79 Å². The Morgan fingerprint density at radius 2 is 1.59 bits per heavy atom. The summed E-state index contributed by atoms with van der Waals surface area (Å²) in [6.45, 7) is 3.91. The minimum atomic E-state index is -0.608. The van der Waals surface area contributed by atoms with Gasteiger partial charge in [0.1, 0.15) is 6.61 Å². The fraction of sp³-hybridized carbons (Fsp3) is 0.944. The Labute approximate surface area is 135 Å². The van der Waals surface area contributed by atoms with Crippen molar-refractivity contribution in [2.24, 2.45) is 0 Å². The minimum Gasteiger partial charge on any atom is -0.461 e. The van der Waals surface area contributed by atoms with E-state index in [1.165, 1.54) is 57.8 Å². The Kier molecular flexibility index (Phi) is 10.5. The van der Waals surface area contributed by atoms with Crippen LogP contribution in [0, 0.1) is 0 Å². The molecule has 1 heterocycles. The van der Waals surface area contributed by atoms with E-state index in [2.05, 4.69) is 6.92 Å². The predicted molar refractivity (Wildman–Crippen MR) is 87.8 cm³/mol. The zero-order chi connectivity index (χ0) is 16.2. The van der Waals surface area contributed by atoms with E-state index >= 15 is 0 Å². The molecule has 4 nitrogen and oxygen atoms in total. The molecule has 1 fully saturated rings. The molecule has 1 rings (SSSR count). The molecular weight excluding hydrogens is 280 g/mol. The Balaban J connectivity index is 1.83. The largest absolute Gasteiger partial charge is 0.461 e. The van der Waals surface area contributed by atoms with Crippen LogP contribution in [0.5, 0.6) is 0 Å². The number of carbonyl (C=O) groups is 1. The van der Waals surface area contributed by atoms with E-state index in [1.54, 1.807) is 6.92 Å². The Bertz CT molecular complexity index is 291. The maximum Gasteiger partial charge on any atom is 0.338 e. The average Bonchev–Trinajstić information content (AvgIpc) is 3.26. The van der Waals surface area contributed by atoms with E-state index < -0.39 is 6.10 Å². The number of unbranched alkanes of at least 4 members (excludes halogenated alkanes) is 9. The molecule has 130 valence electrons. The van der Waals surface area contributed by atoms with Gasteiger partial charge in [0.2, 0.25) is 0 Å². The molecule has 1 aliphatic heterocycles. The summed E-state index contributed by atoms with van der Waals surface area (Å²) in [5.41, 5.74) is 0. The zero-order valence-corrected chi connectivity index (χ0v) is 14.4. The smallest absolute Gasteiger partial charge is 0.338 e. The molecule has 1 aliphatic rings. The summed E-state index contributed by atoms with van der Waals surface area (Å²) in [6.07, 6.45) is 13.2. The number of rotatable bonds is 14. The third-order valence-corrected chi connectivity index (χ3v) is 4.12.